The standard InChI is InChI=1S/C19H21NS/c1-3-20-19(17-11-14(2)21-13-17)12-16-9-6-8-15-7-4-5-10-18(15)16/h4-11,13,19-20H,3,12H2,1-2H3. The van der Waals surface area contributed by atoms with E-state index in [2.05, 4.69) is 73.1 Å². The number of hydrogen-bond donors (Lipinski definition) is 1. The Kier molecular flexibility index (Phi) is 4.37. The zero-order valence-corrected chi connectivity index (χ0v) is 13.4. The zero-order chi connectivity index (χ0) is 14.7. The SMILES string of the molecule is CCNC(Cc1cccc2ccccc12)c1csc(C)c1. The van der Waals surface area contributed by atoms with Crippen LogP contribution in [-0.2, 0) is 6.42 Å². The fraction of sp³-hybridized carbons (Fsp3) is 0.263. The van der Waals surface area contributed by atoms with Crippen LogP contribution < -0.4 is 5.32 Å². The third-order valence-corrected chi connectivity index (χ3v) is 4.79. The molecule has 2 aromatic carbocycles. The van der Waals surface area contributed by atoms with Gasteiger partial charge in [-0.2, -0.15) is 0 Å². The molecule has 1 nitrogen and oxygen atoms in total. The van der Waals surface area contributed by atoms with Crippen molar-refractivity contribution >= 4 is 22.1 Å². The van der Waals surface area contributed by atoms with Gasteiger partial charge in [0, 0.05) is 10.9 Å². The molecule has 1 N–H and O–H groups in total. The molecule has 108 valence electrons. The van der Waals surface area contributed by atoms with Crippen LogP contribution in [0.4, 0.5) is 0 Å². The van der Waals surface area contributed by atoms with E-state index in [9.17, 15) is 0 Å². The minimum atomic E-state index is 0.394. The second-order valence-corrected chi connectivity index (χ2v) is 6.56. The fourth-order valence-corrected chi connectivity index (χ4v) is 3.65. The van der Waals surface area contributed by atoms with Gasteiger partial charge in [-0.3, -0.25) is 0 Å². The van der Waals surface area contributed by atoms with Gasteiger partial charge in [0.15, 0.2) is 0 Å². The smallest absolute Gasteiger partial charge is 0.0369 e. The Morgan fingerprint density at radius 2 is 1.90 bits per heavy atom. The van der Waals surface area contributed by atoms with E-state index in [1.807, 2.05) is 11.3 Å². The Morgan fingerprint density at radius 1 is 1.10 bits per heavy atom. The number of likely N-dealkylation sites (N-methyl/N-ethyl adjacent to an activating group) is 1. The summed E-state index contributed by atoms with van der Waals surface area (Å²) in [4.78, 5) is 1.38. The van der Waals surface area contributed by atoms with Crippen LogP contribution in [0.1, 0.15) is 29.0 Å². The van der Waals surface area contributed by atoms with E-state index in [1.165, 1.54) is 26.8 Å². The average Bonchev–Trinajstić information content (AvgIpc) is 2.94. The molecule has 2 heteroatoms. The highest BCUT2D eigenvalue weighted by molar-refractivity contribution is 7.10. The Morgan fingerprint density at radius 3 is 2.67 bits per heavy atom. The first-order valence-corrected chi connectivity index (χ1v) is 8.41. The summed E-state index contributed by atoms with van der Waals surface area (Å²) in [7, 11) is 0. The van der Waals surface area contributed by atoms with E-state index in [1.54, 1.807) is 0 Å². The Labute approximate surface area is 130 Å². The molecule has 1 heterocycles. The largest absolute Gasteiger partial charge is 0.310 e. The second-order valence-electron chi connectivity index (χ2n) is 5.44. The van der Waals surface area contributed by atoms with Gasteiger partial charge in [0.25, 0.3) is 0 Å². The van der Waals surface area contributed by atoms with Crippen molar-refractivity contribution in [1.82, 2.24) is 5.32 Å². The number of nitrogens with one attached hydrogen (secondary N) is 1. The predicted octanol–water partition coefficient (Wildman–Crippen LogP) is 5.10. The molecule has 1 atom stereocenters. The van der Waals surface area contributed by atoms with Gasteiger partial charge in [0.05, 0.1) is 0 Å². The maximum Gasteiger partial charge on any atom is 0.0369 e. The highest BCUT2D eigenvalue weighted by atomic mass is 32.1. The first-order chi connectivity index (χ1) is 10.3. The summed E-state index contributed by atoms with van der Waals surface area (Å²) in [5.41, 5.74) is 2.83. The summed E-state index contributed by atoms with van der Waals surface area (Å²) in [5.74, 6) is 0. The van der Waals surface area contributed by atoms with Gasteiger partial charge in [-0.1, -0.05) is 49.4 Å². The quantitative estimate of drug-likeness (QED) is 0.690. The highest BCUT2D eigenvalue weighted by Crippen LogP contribution is 2.27. The molecule has 0 bridgehead atoms. The summed E-state index contributed by atoms with van der Waals surface area (Å²) in [6.07, 6.45) is 1.03. The summed E-state index contributed by atoms with van der Waals surface area (Å²) in [6, 6.07) is 18.0. The highest BCUT2D eigenvalue weighted by Gasteiger charge is 2.13. The van der Waals surface area contributed by atoms with Crippen molar-refractivity contribution in [2.75, 3.05) is 6.54 Å². The summed E-state index contributed by atoms with van der Waals surface area (Å²) < 4.78 is 0. The third-order valence-electron chi connectivity index (χ3n) is 3.91. The molecular weight excluding hydrogens is 274 g/mol. The Hall–Kier alpha value is -1.64. The van der Waals surface area contributed by atoms with E-state index in [-0.39, 0.29) is 0 Å². The fourth-order valence-electron chi connectivity index (χ4n) is 2.89. The third kappa shape index (κ3) is 3.17. The van der Waals surface area contributed by atoms with Crippen LogP contribution in [0, 0.1) is 6.92 Å². The first-order valence-electron chi connectivity index (χ1n) is 7.53. The van der Waals surface area contributed by atoms with Crippen LogP contribution in [0.25, 0.3) is 10.8 Å². The van der Waals surface area contributed by atoms with Crippen LogP contribution in [0.2, 0.25) is 0 Å². The van der Waals surface area contributed by atoms with Crippen molar-refractivity contribution in [2.24, 2.45) is 0 Å². The van der Waals surface area contributed by atoms with Crippen LogP contribution >= 0.6 is 11.3 Å². The topological polar surface area (TPSA) is 12.0 Å². The minimum absolute atomic E-state index is 0.394. The van der Waals surface area contributed by atoms with Crippen LogP contribution in [0.3, 0.4) is 0 Å². The second kappa shape index (κ2) is 6.42. The van der Waals surface area contributed by atoms with Crippen molar-refractivity contribution in [3.05, 3.63) is 69.9 Å². The van der Waals surface area contributed by atoms with Gasteiger partial charge >= 0.3 is 0 Å². The van der Waals surface area contributed by atoms with Gasteiger partial charge in [-0.15, -0.1) is 11.3 Å². The molecule has 0 radical (unpaired) electrons. The number of hydrogen-bond acceptors (Lipinski definition) is 2. The van der Waals surface area contributed by atoms with Gasteiger partial charge in [0.1, 0.15) is 0 Å². The molecule has 0 aliphatic heterocycles. The predicted molar refractivity (Wildman–Crippen MR) is 93.1 cm³/mol. The van der Waals surface area contributed by atoms with Crippen molar-refractivity contribution in [2.45, 2.75) is 26.3 Å². The summed E-state index contributed by atoms with van der Waals surface area (Å²) in [5, 5.41) is 8.61. The van der Waals surface area contributed by atoms with E-state index >= 15 is 0 Å². The molecule has 0 aliphatic carbocycles. The van der Waals surface area contributed by atoms with E-state index in [0.717, 1.165) is 13.0 Å². The maximum atomic E-state index is 3.63. The normalized spacial score (nSPS) is 12.7. The van der Waals surface area contributed by atoms with Crippen LogP contribution in [-0.4, -0.2) is 6.54 Å². The monoisotopic (exact) mass is 295 g/mol. The van der Waals surface area contributed by atoms with Crippen molar-refractivity contribution in [3.8, 4) is 0 Å². The lowest BCUT2D eigenvalue weighted by Crippen LogP contribution is -2.22. The van der Waals surface area contributed by atoms with Crippen molar-refractivity contribution in [3.63, 3.8) is 0 Å². The van der Waals surface area contributed by atoms with Crippen LogP contribution in [0.15, 0.2) is 53.9 Å². The number of fused-ring (bicyclic) bond motifs is 1. The molecule has 0 aliphatic rings. The lowest BCUT2D eigenvalue weighted by molar-refractivity contribution is 0.552. The van der Waals surface area contributed by atoms with Crippen molar-refractivity contribution in [1.29, 1.82) is 0 Å². The van der Waals surface area contributed by atoms with E-state index < -0.39 is 0 Å². The lowest BCUT2D eigenvalue weighted by atomic mass is 9.96. The number of rotatable bonds is 5. The molecule has 1 unspecified atom stereocenters. The molecule has 3 rings (SSSR count). The summed E-state index contributed by atoms with van der Waals surface area (Å²) in [6.45, 7) is 5.34. The van der Waals surface area contributed by atoms with E-state index in [0.29, 0.717) is 6.04 Å². The molecule has 0 saturated carbocycles. The number of aryl methyl sites for hydroxylation is 1. The van der Waals surface area contributed by atoms with E-state index in [4.69, 9.17) is 0 Å². The minimum Gasteiger partial charge on any atom is -0.310 e. The number of thiophene rings is 1. The van der Waals surface area contributed by atoms with Crippen LogP contribution in [0.5, 0.6) is 0 Å². The average molecular weight is 295 g/mol. The van der Waals surface area contributed by atoms with Gasteiger partial charge in [-0.25, -0.2) is 0 Å². The number of benzene rings is 2. The Balaban J connectivity index is 1.94. The molecule has 0 spiro atoms. The molecular formula is C19H21NS. The first kappa shape index (κ1) is 14.3. The van der Waals surface area contributed by atoms with Gasteiger partial charge in [-0.05, 0) is 53.2 Å². The van der Waals surface area contributed by atoms with Crippen molar-refractivity contribution < 1.29 is 0 Å². The molecule has 0 fully saturated rings. The molecule has 0 saturated heterocycles. The lowest BCUT2D eigenvalue weighted by Gasteiger charge is -2.18. The molecule has 3 aromatic rings. The molecule has 1 aromatic heterocycles. The zero-order valence-electron chi connectivity index (χ0n) is 12.6. The summed E-state index contributed by atoms with van der Waals surface area (Å²) >= 11 is 1.83. The van der Waals surface area contributed by atoms with Gasteiger partial charge < -0.3 is 5.32 Å². The Bertz CT molecular complexity index is 724. The molecule has 0 amide bonds. The van der Waals surface area contributed by atoms with Gasteiger partial charge in [0.2, 0.25) is 0 Å². The maximum absolute atomic E-state index is 3.63. The molecule has 21 heavy (non-hydrogen) atoms.